The highest BCUT2D eigenvalue weighted by Gasteiger charge is 1.99. The van der Waals surface area contributed by atoms with Crippen LogP contribution in [-0.4, -0.2) is 17.4 Å². The number of hydrazine groups is 1. The molecule has 84 valence electrons. The first-order chi connectivity index (χ1) is 7.01. The second-order valence-electron chi connectivity index (χ2n) is 2.23. The summed E-state index contributed by atoms with van der Waals surface area (Å²) in [6, 6.07) is 5.18. The van der Waals surface area contributed by atoms with Crippen LogP contribution in [0.25, 0.3) is 0 Å². The first-order valence-electron chi connectivity index (χ1n) is 3.64. The standard InChI is InChI=1S/C7H9ClN2O.HNO3/c1-11-7-3-2-5(8)4-6(7)10-9;2-1(3)4/h2-4,10H,9H2,1H3;(H,2,3,4). The predicted octanol–water partition coefficient (Wildman–Crippen LogP) is 1.29. The maximum absolute atomic E-state index is 8.36. The van der Waals surface area contributed by atoms with Crippen molar-refractivity contribution in [2.75, 3.05) is 12.5 Å². The third kappa shape index (κ3) is 5.55. The van der Waals surface area contributed by atoms with Crippen LogP contribution in [0.15, 0.2) is 18.2 Å². The number of halogens is 1. The fourth-order valence-corrected chi connectivity index (χ4v) is 0.965. The van der Waals surface area contributed by atoms with E-state index in [1.165, 1.54) is 0 Å². The van der Waals surface area contributed by atoms with Gasteiger partial charge < -0.3 is 15.4 Å². The van der Waals surface area contributed by atoms with Crippen LogP contribution < -0.4 is 16.0 Å². The summed E-state index contributed by atoms with van der Waals surface area (Å²) in [4.78, 5) is 8.36. The van der Waals surface area contributed by atoms with E-state index in [1.54, 1.807) is 25.3 Å². The molecular weight excluding hydrogens is 226 g/mol. The number of nitrogens with two attached hydrogens (primary N) is 1. The zero-order valence-corrected chi connectivity index (χ0v) is 8.56. The van der Waals surface area contributed by atoms with Gasteiger partial charge in [-0.3, -0.25) is 5.84 Å². The van der Waals surface area contributed by atoms with Crippen LogP contribution in [0, 0.1) is 10.1 Å². The summed E-state index contributed by atoms with van der Waals surface area (Å²) >= 11 is 5.70. The van der Waals surface area contributed by atoms with E-state index in [-0.39, 0.29) is 0 Å². The van der Waals surface area contributed by atoms with Crippen molar-refractivity contribution < 1.29 is 15.0 Å². The Morgan fingerprint density at radius 1 is 1.67 bits per heavy atom. The molecule has 1 aromatic carbocycles. The molecule has 0 unspecified atom stereocenters. The lowest BCUT2D eigenvalue weighted by Crippen LogP contribution is -2.07. The van der Waals surface area contributed by atoms with E-state index in [2.05, 4.69) is 5.43 Å². The van der Waals surface area contributed by atoms with E-state index in [0.29, 0.717) is 16.5 Å². The largest absolute Gasteiger partial charge is 0.495 e. The van der Waals surface area contributed by atoms with Crippen molar-refractivity contribution in [2.24, 2.45) is 5.84 Å². The lowest BCUT2D eigenvalue weighted by Gasteiger charge is -2.06. The quantitative estimate of drug-likeness (QED) is 0.405. The highest BCUT2D eigenvalue weighted by molar-refractivity contribution is 6.30. The van der Waals surface area contributed by atoms with Gasteiger partial charge in [-0.05, 0) is 18.2 Å². The van der Waals surface area contributed by atoms with Crippen molar-refractivity contribution in [3.63, 3.8) is 0 Å². The van der Waals surface area contributed by atoms with Crippen molar-refractivity contribution in [1.82, 2.24) is 0 Å². The molecule has 0 heterocycles. The zero-order chi connectivity index (χ0) is 11.8. The van der Waals surface area contributed by atoms with E-state index in [4.69, 9.17) is 37.5 Å². The Kier molecular flexibility index (Phi) is 5.91. The number of nitrogens with zero attached hydrogens (tertiary/aromatic N) is 1. The van der Waals surface area contributed by atoms with Gasteiger partial charge in [-0.1, -0.05) is 11.6 Å². The molecule has 1 aromatic rings. The molecule has 0 aromatic heterocycles. The Morgan fingerprint density at radius 3 is 2.60 bits per heavy atom. The minimum atomic E-state index is -1.50. The van der Waals surface area contributed by atoms with E-state index < -0.39 is 5.09 Å². The molecule has 0 atom stereocenters. The predicted molar refractivity (Wildman–Crippen MR) is 54.6 cm³/mol. The zero-order valence-electron chi connectivity index (χ0n) is 7.81. The number of hydrogen-bond acceptors (Lipinski definition) is 5. The Bertz CT molecular complexity index is 330. The smallest absolute Gasteiger partial charge is 0.291 e. The SMILES string of the molecule is COc1ccc(Cl)cc1NN.O=[N+]([O-])O. The number of benzene rings is 1. The third-order valence-electron chi connectivity index (χ3n) is 1.32. The molecule has 0 radical (unpaired) electrons. The van der Waals surface area contributed by atoms with Crippen molar-refractivity contribution in [3.8, 4) is 5.75 Å². The van der Waals surface area contributed by atoms with Crippen molar-refractivity contribution >= 4 is 17.3 Å². The molecule has 0 aliphatic carbocycles. The van der Waals surface area contributed by atoms with Gasteiger partial charge in [-0.15, -0.1) is 10.1 Å². The van der Waals surface area contributed by atoms with Gasteiger partial charge in [0.1, 0.15) is 5.75 Å². The molecule has 7 nitrogen and oxygen atoms in total. The Hall–Kier alpha value is -1.73. The normalized spacial score (nSPS) is 8.47. The summed E-state index contributed by atoms with van der Waals surface area (Å²) in [6.45, 7) is 0. The lowest BCUT2D eigenvalue weighted by atomic mass is 10.3. The number of hydrogen-bond donors (Lipinski definition) is 3. The molecule has 1 rings (SSSR count). The van der Waals surface area contributed by atoms with E-state index >= 15 is 0 Å². The van der Waals surface area contributed by atoms with Crippen molar-refractivity contribution in [1.29, 1.82) is 0 Å². The second kappa shape index (κ2) is 6.68. The number of rotatable bonds is 2. The second-order valence-corrected chi connectivity index (χ2v) is 2.66. The summed E-state index contributed by atoms with van der Waals surface area (Å²) in [5, 5.41) is 14.3. The molecule has 4 N–H and O–H groups in total. The summed E-state index contributed by atoms with van der Waals surface area (Å²) in [5.74, 6) is 5.88. The lowest BCUT2D eigenvalue weighted by molar-refractivity contribution is -0.742. The molecule has 15 heavy (non-hydrogen) atoms. The number of anilines is 1. The maximum atomic E-state index is 8.36. The Morgan fingerprint density at radius 2 is 2.20 bits per heavy atom. The molecule has 0 fully saturated rings. The fraction of sp³-hybridized carbons (Fsp3) is 0.143. The highest BCUT2D eigenvalue weighted by Crippen LogP contribution is 2.26. The molecule has 8 heteroatoms. The van der Waals surface area contributed by atoms with Crippen LogP contribution in [0.4, 0.5) is 5.69 Å². The van der Waals surface area contributed by atoms with Crippen LogP contribution in [-0.2, 0) is 0 Å². The van der Waals surface area contributed by atoms with E-state index in [0.717, 1.165) is 0 Å². The molecule has 0 saturated heterocycles. The summed E-state index contributed by atoms with van der Waals surface area (Å²) in [5.41, 5.74) is 3.16. The van der Waals surface area contributed by atoms with Crippen molar-refractivity contribution in [2.45, 2.75) is 0 Å². The van der Waals surface area contributed by atoms with Crippen LogP contribution in [0.3, 0.4) is 0 Å². The summed E-state index contributed by atoms with van der Waals surface area (Å²) in [7, 11) is 1.57. The van der Waals surface area contributed by atoms with Gasteiger partial charge >= 0.3 is 0 Å². The third-order valence-corrected chi connectivity index (χ3v) is 1.55. The van der Waals surface area contributed by atoms with Gasteiger partial charge in [-0.2, -0.15) is 0 Å². The maximum Gasteiger partial charge on any atom is 0.291 e. The van der Waals surface area contributed by atoms with Gasteiger partial charge in [0, 0.05) is 5.02 Å². The Labute approximate surface area is 90.5 Å². The molecule has 0 saturated carbocycles. The number of ether oxygens (including phenoxy) is 1. The average Bonchev–Trinajstić information content (AvgIpc) is 2.16. The summed E-state index contributed by atoms with van der Waals surface area (Å²) in [6.07, 6.45) is 0. The fourth-order valence-electron chi connectivity index (χ4n) is 0.793. The highest BCUT2D eigenvalue weighted by atomic mass is 35.5. The van der Waals surface area contributed by atoms with Crippen LogP contribution in [0.1, 0.15) is 0 Å². The number of nitrogens with one attached hydrogen (secondary N) is 1. The van der Waals surface area contributed by atoms with Gasteiger partial charge in [0.15, 0.2) is 0 Å². The number of methoxy groups -OCH3 is 1. The molecular formula is C7H10ClN3O4. The molecule has 0 spiro atoms. The number of nitrogen functional groups attached to an aromatic ring is 1. The van der Waals surface area contributed by atoms with Gasteiger partial charge in [0.05, 0.1) is 12.8 Å². The summed E-state index contributed by atoms with van der Waals surface area (Å²) < 4.78 is 4.99. The van der Waals surface area contributed by atoms with Crippen LogP contribution >= 0.6 is 11.6 Å². The molecule has 0 aliphatic rings. The van der Waals surface area contributed by atoms with Crippen molar-refractivity contribution in [3.05, 3.63) is 33.3 Å². The van der Waals surface area contributed by atoms with E-state index in [9.17, 15) is 0 Å². The first kappa shape index (κ1) is 13.3. The average molecular weight is 236 g/mol. The Balaban J connectivity index is 0.000000423. The van der Waals surface area contributed by atoms with Crippen LogP contribution in [0.2, 0.25) is 5.02 Å². The first-order valence-corrected chi connectivity index (χ1v) is 4.02. The van der Waals surface area contributed by atoms with Crippen LogP contribution in [0.5, 0.6) is 5.75 Å². The monoisotopic (exact) mass is 235 g/mol. The minimum Gasteiger partial charge on any atom is -0.495 e. The van der Waals surface area contributed by atoms with E-state index in [1.807, 2.05) is 0 Å². The minimum absolute atomic E-state index is 0.624. The van der Waals surface area contributed by atoms with Gasteiger partial charge in [0.2, 0.25) is 0 Å². The van der Waals surface area contributed by atoms with Gasteiger partial charge in [-0.25, -0.2) is 0 Å². The van der Waals surface area contributed by atoms with Gasteiger partial charge in [0.25, 0.3) is 5.09 Å². The molecule has 0 bridgehead atoms. The molecule has 0 amide bonds. The molecule has 0 aliphatic heterocycles. The topological polar surface area (TPSA) is 111 Å².